The predicted molar refractivity (Wildman–Crippen MR) is 54.2 cm³/mol. The summed E-state index contributed by atoms with van der Waals surface area (Å²) in [5, 5.41) is 22.0. The highest BCUT2D eigenvalue weighted by Gasteiger charge is 2.20. The number of benzene rings is 1. The Morgan fingerprint density at radius 2 is 2.07 bits per heavy atom. The molecule has 1 aromatic rings. The quantitative estimate of drug-likeness (QED) is 0.636. The standard InChI is InChI=1S/C11H15NO2/c13-10-3-1-2-9(11(10)14)7-12-6-8-4-5-8/h1-3,8,12-14H,4-7H2. The minimum absolute atomic E-state index is 0.00389. The molecule has 0 saturated heterocycles. The molecule has 3 N–H and O–H groups in total. The van der Waals surface area contributed by atoms with Gasteiger partial charge in [0.15, 0.2) is 11.5 Å². The van der Waals surface area contributed by atoms with Crippen LogP contribution in [0.1, 0.15) is 18.4 Å². The summed E-state index contributed by atoms with van der Waals surface area (Å²) in [4.78, 5) is 0. The molecule has 1 aliphatic rings. The number of para-hydroxylation sites is 1. The average molecular weight is 193 g/mol. The van der Waals surface area contributed by atoms with Crippen LogP contribution in [0.4, 0.5) is 0 Å². The first kappa shape index (κ1) is 9.34. The molecular weight excluding hydrogens is 178 g/mol. The van der Waals surface area contributed by atoms with Gasteiger partial charge in [0.1, 0.15) is 0 Å². The van der Waals surface area contributed by atoms with E-state index in [-0.39, 0.29) is 11.5 Å². The van der Waals surface area contributed by atoms with Crippen molar-refractivity contribution in [3.63, 3.8) is 0 Å². The number of phenolic OH excluding ortho intramolecular Hbond substituents is 2. The molecule has 3 heteroatoms. The lowest BCUT2D eigenvalue weighted by molar-refractivity contribution is 0.397. The molecule has 0 heterocycles. The molecule has 14 heavy (non-hydrogen) atoms. The second kappa shape index (κ2) is 3.88. The molecule has 1 saturated carbocycles. The zero-order valence-electron chi connectivity index (χ0n) is 8.03. The Labute approximate surface area is 83.4 Å². The Morgan fingerprint density at radius 1 is 1.29 bits per heavy atom. The van der Waals surface area contributed by atoms with E-state index in [0.29, 0.717) is 6.54 Å². The first-order valence-electron chi connectivity index (χ1n) is 4.98. The Kier molecular flexibility index (Phi) is 2.59. The molecular formula is C11H15NO2. The minimum atomic E-state index is -0.0456. The van der Waals surface area contributed by atoms with Gasteiger partial charge in [0, 0.05) is 12.1 Å². The molecule has 0 bridgehead atoms. The van der Waals surface area contributed by atoms with Crippen molar-refractivity contribution in [2.24, 2.45) is 5.92 Å². The smallest absolute Gasteiger partial charge is 0.161 e. The molecule has 3 nitrogen and oxygen atoms in total. The van der Waals surface area contributed by atoms with Crippen LogP contribution in [-0.4, -0.2) is 16.8 Å². The van der Waals surface area contributed by atoms with Crippen LogP contribution in [-0.2, 0) is 6.54 Å². The number of hydrogen-bond acceptors (Lipinski definition) is 3. The lowest BCUT2D eigenvalue weighted by Crippen LogP contribution is -2.16. The van der Waals surface area contributed by atoms with Crippen molar-refractivity contribution in [3.05, 3.63) is 23.8 Å². The normalized spacial score (nSPS) is 15.7. The van der Waals surface area contributed by atoms with E-state index in [0.717, 1.165) is 18.0 Å². The van der Waals surface area contributed by atoms with Gasteiger partial charge in [-0.2, -0.15) is 0 Å². The number of rotatable bonds is 4. The van der Waals surface area contributed by atoms with Gasteiger partial charge >= 0.3 is 0 Å². The van der Waals surface area contributed by atoms with Crippen molar-refractivity contribution < 1.29 is 10.2 Å². The molecule has 1 aromatic carbocycles. The van der Waals surface area contributed by atoms with Crippen molar-refractivity contribution in [2.75, 3.05) is 6.54 Å². The summed E-state index contributed by atoms with van der Waals surface area (Å²) >= 11 is 0. The van der Waals surface area contributed by atoms with E-state index in [2.05, 4.69) is 5.32 Å². The van der Waals surface area contributed by atoms with Crippen molar-refractivity contribution in [1.82, 2.24) is 5.32 Å². The van der Waals surface area contributed by atoms with E-state index in [1.54, 1.807) is 6.07 Å². The first-order valence-corrected chi connectivity index (χ1v) is 4.98. The van der Waals surface area contributed by atoms with Crippen molar-refractivity contribution in [3.8, 4) is 11.5 Å². The molecule has 0 spiro atoms. The highest BCUT2D eigenvalue weighted by atomic mass is 16.3. The Bertz CT molecular complexity index is 321. The van der Waals surface area contributed by atoms with Crippen molar-refractivity contribution >= 4 is 0 Å². The molecule has 0 unspecified atom stereocenters. The third-order valence-electron chi connectivity index (χ3n) is 2.54. The van der Waals surface area contributed by atoms with E-state index in [1.165, 1.54) is 18.9 Å². The molecule has 2 rings (SSSR count). The molecule has 0 amide bonds. The van der Waals surface area contributed by atoms with E-state index < -0.39 is 0 Å². The Morgan fingerprint density at radius 3 is 2.79 bits per heavy atom. The first-order chi connectivity index (χ1) is 6.77. The van der Waals surface area contributed by atoms with Crippen LogP contribution in [0.3, 0.4) is 0 Å². The number of aromatic hydroxyl groups is 2. The summed E-state index contributed by atoms with van der Waals surface area (Å²) < 4.78 is 0. The summed E-state index contributed by atoms with van der Waals surface area (Å²) in [7, 11) is 0. The minimum Gasteiger partial charge on any atom is -0.504 e. The molecule has 1 aliphatic carbocycles. The summed E-state index contributed by atoms with van der Waals surface area (Å²) in [5.41, 5.74) is 0.755. The molecule has 0 radical (unpaired) electrons. The van der Waals surface area contributed by atoms with Gasteiger partial charge in [-0.25, -0.2) is 0 Å². The van der Waals surface area contributed by atoms with Gasteiger partial charge in [0.05, 0.1) is 0 Å². The van der Waals surface area contributed by atoms with Gasteiger partial charge in [-0.3, -0.25) is 0 Å². The van der Waals surface area contributed by atoms with E-state index in [4.69, 9.17) is 0 Å². The maximum absolute atomic E-state index is 9.49. The predicted octanol–water partition coefficient (Wildman–Crippen LogP) is 1.60. The van der Waals surface area contributed by atoms with Gasteiger partial charge in [0.25, 0.3) is 0 Å². The zero-order chi connectivity index (χ0) is 9.97. The largest absolute Gasteiger partial charge is 0.504 e. The summed E-state index contributed by atoms with van der Waals surface area (Å²) in [6, 6.07) is 5.04. The third kappa shape index (κ3) is 2.17. The van der Waals surface area contributed by atoms with Crippen LogP contribution in [0.15, 0.2) is 18.2 Å². The van der Waals surface area contributed by atoms with Crippen molar-refractivity contribution in [2.45, 2.75) is 19.4 Å². The number of nitrogens with one attached hydrogen (secondary N) is 1. The maximum Gasteiger partial charge on any atom is 0.161 e. The average Bonchev–Trinajstić information content (AvgIpc) is 2.96. The van der Waals surface area contributed by atoms with Gasteiger partial charge in [-0.1, -0.05) is 12.1 Å². The van der Waals surface area contributed by atoms with E-state index in [9.17, 15) is 10.2 Å². The fourth-order valence-electron chi connectivity index (χ4n) is 1.45. The summed E-state index contributed by atoms with van der Waals surface area (Å²) in [6.45, 7) is 1.63. The van der Waals surface area contributed by atoms with Crippen LogP contribution in [0, 0.1) is 5.92 Å². The number of phenols is 2. The topological polar surface area (TPSA) is 52.5 Å². The molecule has 0 atom stereocenters. The fraction of sp³-hybridized carbons (Fsp3) is 0.455. The number of hydrogen-bond donors (Lipinski definition) is 3. The van der Waals surface area contributed by atoms with Gasteiger partial charge in [0.2, 0.25) is 0 Å². The zero-order valence-corrected chi connectivity index (χ0v) is 8.03. The monoisotopic (exact) mass is 193 g/mol. The van der Waals surface area contributed by atoms with Gasteiger partial charge < -0.3 is 15.5 Å². The van der Waals surface area contributed by atoms with Crippen LogP contribution in [0.2, 0.25) is 0 Å². The Hall–Kier alpha value is -1.22. The summed E-state index contributed by atoms with van der Waals surface area (Å²) in [5.74, 6) is 0.779. The highest BCUT2D eigenvalue weighted by molar-refractivity contribution is 5.44. The molecule has 76 valence electrons. The maximum atomic E-state index is 9.49. The third-order valence-corrected chi connectivity index (χ3v) is 2.54. The second-order valence-electron chi connectivity index (χ2n) is 3.86. The Balaban J connectivity index is 1.90. The molecule has 0 aromatic heterocycles. The van der Waals surface area contributed by atoms with Crippen LogP contribution < -0.4 is 5.32 Å². The SMILES string of the molecule is Oc1cccc(CNCC2CC2)c1O. The van der Waals surface area contributed by atoms with E-state index in [1.807, 2.05) is 6.07 Å². The van der Waals surface area contributed by atoms with Gasteiger partial charge in [-0.05, 0) is 31.4 Å². The second-order valence-corrected chi connectivity index (χ2v) is 3.86. The van der Waals surface area contributed by atoms with Crippen molar-refractivity contribution in [1.29, 1.82) is 0 Å². The van der Waals surface area contributed by atoms with Crippen LogP contribution >= 0.6 is 0 Å². The lowest BCUT2D eigenvalue weighted by Gasteiger charge is -2.06. The van der Waals surface area contributed by atoms with Crippen LogP contribution in [0.25, 0.3) is 0 Å². The molecule has 0 aliphatic heterocycles. The summed E-state index contributed by atoms with van der Waals surface area (Å²) in [6.07, 6.45) is 2.64. The highest BCUT2D eigenvalue weighted by Crippen LogP contribution is 2.29. The van der Waals surface area contributed by atoms with E-state index >= 15 is 0 Å². The molecule has 1 fully saturated rings. The van der Waals surface area contributed by atoms with Crippen LogP contribution in [0.5, 0.6) is 11.5 Å². The van der Waals surface area contributed by atoms with Gasteiger partial charge in [-0.15, -0.1) is 0 Å². The fourth-order valence-corrected chi connectivity index (χ4v) is 1.45. The lowest BCUT2D eigenvalue weighted by atomic mass is 10.2.